The van der Waals surface area contributed by atoms with Crippen molar-refractivity contribution in [1.82, 2.24) is 9.62 Å². The molecule has 34 heavy (non-hydrogen) atoms. The molecule has 1 unspecified atom stereocenters. The van der Waals surface area contributed by atoms with Crippen LogP contribution >= 0.6 is 0 Å². The van der Waals surface area contributed by atoms with E-state index >= 15 is 0 Å². The van der Waals surface area contributed by atoms with Gasteiger partial charge in [0.15, 0.2) is 11.5 Å². The summed E-state index contributed by atoms with van der Waals surface area (Å²) in [5.41, 5.74) is 0.912. The maximum absolute atomic E-state index is 13.5. The quantitative estimate of drug-likeness (QED) is 0.514. The molecule has 2 heterocycles. The topological polar surface area (TPSA) is 84.9 Å². The zero-order chi connectivity index (χ0) is 24.0. The van der Waals surface area contributed by atoms with Gasteiger partial charge in [0.05, 0.1) is 4.90 Å². The number of nitrogens with zero attached hydrogens (tertiary/aromatic N) is 1. The Hall–Kier alpha value is -2.65. The van der Waals surface area contributed by atoms with Crippen LogP contribution in [0, 0.1) is 5.82 Å². The lowest BCUT2D eigenvalue weighted by Crippen LogP contribution is -2.36. The minimum Gasteiger partial charge on any atom is -0.486 e. The van der Waals surface area contributed by atoms with E-state index in [-0.39, 0.29) is 22.7 Å². The number of amides is 1. The molecule has 0 saturated carbocycles. The number of rotatable bonds is 10. The lowest BCUT2D eigenvalue weighted by atomic mass is 10.0. The van der Waals surface area contributed by atoms with Gasteiger partial charge in [0.2, 0.25) is 15.9 Å². The molecule has 0 aliphatic carbocycles. The average molecular weight is 491 g/mol. The van der Waals surface area contributed by atoms with Crippen LogP contribution in [0.1, 0.15) is 44.1 Å². The summed E-state index contributed by atoms with van der Waals surface area (Å²) >= 11 is 0. The first-order valence-corrected chi connectivity index (χ1v) is 13.3. The van der Waals surface area contributed by atoms with Crippen LogP contribution < -0.4 is 14.2 Å². The predicted molar refractivity (Wildman–Crippen MR) is 126 cm³/mol. The van der Waals surface area contributed by atoms with Crippen molar-refractivity contribution in [3.8, 4) is 11.5 Å². The van der Waals surface area contributed by atoms with Gasteiger partial charge in [-0.15, -0.1) is 0 Å². The largest absolute Gasteiger partial charge is 0.486 e. The lowest BCUT2D eigenvalue weighted by molar-refractivity contribution is -0.132. The summed E-state index contributed by atoms with van der Waals surface area (Å²) in [5.74, 6) is 0.852. The van der Waals surface area contributed by atoms with Crippen LogP contribution in [0.5, 0.6) is 11.5 Å². The first-order valence-electron chi connectivity index (χ1n) is 11.9. The molecule has 2 aliphatic heterocycles. The second-order valence-electron chi connectivity index (χ2n) is 8.73. The number of hydrogen-bond acceptors (Lipinski definition) is 5. The summed E-state index contributed by atoms with van der Waals surface area (Å²) in [7, 11) is -3.64. The number of sulfonamides is 1. The molecular formula is C25H31FN2O5S. The molecule has 1 N–H and O–H groups in total. The van der Waals surface area contributed by atoms with Crippen molar-refractivity contribution in [1.29, 1.82) is 0 Å². The van der Waals surface area contributed by atoms with Crippen molar-refractivity contribution in [2.75, 3.05) is 26.3 Å². The Bertz CT molecular complexity index is 1110. The fraction of sp³-hybridized carbons (Fsp3) is 0.480. The minimum atomic E-state index is -3.64. The van der Waals surface area contributed by atoms with Crippen molar-refractivity contribution >= 4 is 15.9 Å². The highest BCUT2D eigenvalue weighted by molar-refractivity contribution is 7.89. The Morgan fingerprint density at radius 2 is 1.88 bits per heavy atom. The van der Waals surface area contributed by atoms with Gasteiger partial charge in [0.1, 0.15) is 19.0 Å². The molecule has 4 rings (SSSR count). The van der Waals surface area contributed by atoms with Gasteiger partial charge in [0.25, 0.3) is 0 Å². The van der Waals surface area contributed by atoms with Crippen molar-refractivity contribution < 1.29 is 27.1 Å². The first kappa shape index (κ1) is 24.5. The van der Waals surface area contributed by atoms with E-state index in [2.05, 4.69) is 4.72 Å². The van der Waals surface area contributed by atoms with Crippen LogP contribution in [0.25, 0.3) is 0 Å². The Morgan fingerprint density at radius 1 is 1.06 bits per heavy atom. The fourth-order valence-electron chi connectivity index (χ4n) is 4.51. The summed E-state index contributed by atoms with van der Waals surface area (Å²) < 4.78 is 52.1. The average Bonchev–Trinajstić information content (AvgIpc) is 3.29. The third kappa shape index (κ3) is 6.27. The highest BCUT2D eigenvalue weighted by atomic mass is 32.2. The van der Waals surface area contributed by atoms with Crippen LogP contribution in [0.3, 0.4) is 0 Å². The van der Waals surface area contributed by atoms with E-state index in [0.717, 1.165) is 31.4 Å². The monoisotopic (exact) mass is 490 g/mol. The molecular weight excluding hydrogens is 459 g/mol. The van der Waals surface area contributed by atoms with Crippen LogP contribution in [0.2, 0.25) is 0 Å². The van der Waals surface area contributed by atoms with Crippen molar-refractivity contribution in [2.24, 2.45) is 0 Å². The van der Waals surface area contributed by atoms with Gasteiger partial charge in [-0.1, -0.05) is 18.6 Å². The molecule has 2 aromatic rings. The zero-order valence-corrected chi connectivity index (χ0v) is 20.0. The summed E-state index contributed by atoms with van der Waals surface area (Å²) in [4.78, 5) is 14.8. The number of benzene rings is 2. The van der Waals surface area contributed by atoms with E-state index in [9.17, 15) is 17.6 Å². The van der Waals surface area contributed by atoms with E-state index in [4.69, 9.17) is 9.47 Å². The number of nitrogens with one attached hydrogen (secondary N) is 1. The number of carbonyl (C=O) groups is 1. The van der Waals surface area contributed by atoms with Crippen LogP contribution in [0.4, 0.5) is 4.39 Å². The molecule has 0 aromatic heterocycles. The van der Waals surface area contributed by atoms with Gasteiger partial charge in [0, 0.05) is 31.6 Å². The van der Waals surface area contributed by atoms with E-state index in [0.29, 0.717) is 56.9 Å². The molecule has 7 nitrogen and oxygen atoms in total. The Morgan fingerprint density at radius 3 is 2.71 bits per heavy atom. The summed E-state index contributed by atoms with van der Waals surface area (Å²) in [6, 6.07) is 11.3. The van der Waals surface area contributed by atoms with E-state index in [1.165, 1.54) is 24.3 Å². The number of fused-ring (bicyclic) bond motifs is 1. The molecule has 0 radical (unpaired) electrons. The molecule has 1 saturated heterocycles. The third-order valence-electron chi connectivity index (χ3n) is 6.24. The van der Waals surface area contributed by atoms with E-state index < -0.39 is 10.0 Å². The molecule has 0 spiro atoms. The third-order valence-corrected chi connectivity index (χ3v) is 7.70. The van der Waals surface area contributed by atoms with Gasteiger partial charge in [-0.25, -0.2) is 17.5 Å². The van der Waals surface area contributed by atoms with Crippen LogP contribution in [-0.2, 0) is 21.2 Å². The Labute approximate surface area is 200 Å². The molecule has 0 bridgehead atoms. The number of likely N-dealkylation sites (tertiary alicyclic amines) is 1. The normalized spacial score (nSPS) is 17.7. The van der Waals surface area contributed by atoms with Gasteiger partial charge < -0.3 is 14.4 Å². The van der Waals surface area contributed by atoms with E-state index in [1.54, 1.807) is 12.1 Å². The highest BCUT2D eigenvalue weighted by Gasteiger charge is 2.28. The standard InChI is InChI=1S/C25H31FN2O5S/c26-20-7-4-6-19(16-20)17-21-8-5-13-28(21)25(29)9-2-1-3-12-27-34(30,31)22-10-11-23-24(18-22)33-15-14-32-23/h4,6-7,10-11,16,18,21,27H,1-3,5,8-9,12-15,17H2. The predicted octanol–water partition coefficient (Wildman–Crippen LogP) is 3.67. The second-order valence-corrected chi connectivity index (χ2v) is 10.5. The molecule has 1 amide bonds. The zero-order valence-electron chi connectivity index (χ0n) is 19.2. The summed E-state index contributed by atoms with van der Waals surface area (Å²) in [6.45, 7) is 1.89. The van der Waals surface area contributed by atoms with Gasteiger partial charge in [-0.3, -0.25) is 4.79 Å². The highest BCUT2D eigenvalue weighted by Crippen LogP contribution is 2.32. The number of ether oxygens (including phenoxy) is 2. The lowest BCUT2D eigenvalue weighted by Gasteiger charge is -2.25. The number of halogens is 1. The first-order chi connectivity index (χ1) is 16.4. The maximum atomic E-state index is 13.5. The molecule has 184 valence electrons. The van der Waals surface area contributed by atoms with Gasteiger partial charge >= 0.3 is 0 Å². The molecule has 1 fully saturated rings. The molecule has 9 heteroatoms. The summed E-state index contributed by atoms with van der Waals surface area (Å²) in [5, 5.41) is 0. The van der Waals surface area contributed by atoms with Gasteiger partial charge in [-0.2, -0.15) is 0 Å². The van der Waals surface area contributed by atoms with E-state index in [1.807, 2.05) is 11.0 Å². The number of hydrogen-bond donors (Lipinski definition) is 1. The van der Waals surface area contributed by atoms with Crippen molar-refractivity contribution in [3.05, 3.63) is 53.8 Å². The second kappa shape index (κ2) is 11.2. The van der Waals surface area contributed by atoms with Crippen molar-refractivity contribution in [3.63, 3.8) is 0 Å². The molecule has 2 aromatic carbocycles. The fourth-order valence-corrected chi connectivity index (χ4v) is 5.60. The number of unbranched alkanes of at least 4 members (excludes halogenated alkanes) is 2. The minimum absolute atomic E-state index is 0.118. The Kier molecular flexibility index (Phi) is 8.05. The number of carbonyl (C=O) groups excluding carboxylic acids is 1. The Balaban J connectivity index is 1.17. The molecule has 1 atom stereocenters. The van der Waals surface area contributed by atoms with Crippen LogP contribution in [-0.4, -0.2) is 51.6 Å². The SMILES string of the molecule is O=C(CCCCCNS(=O)(=O)c1ccc2c(c1)OCCO2)N1CCCC1Cc1cccc(F)c1. The van der Waals surface area contributed by atoms with Gasteiger partial charge in [-0.05, 0) is 61.9 Å². The molecule has 2 aliphatic rings. The van der Waals surface area contributed by atoms with Crippen molar-refractivity contribution in [2.45, 2.75) is 55.9 Å². The smallest absolute Gasteiger partial charge is 0.240 e. The summed E-state index contributed by atoms with van der Waals surface area (Å²) in [6.07, 6.45) is 5.10. The van der Waals surface area contributed by atoms with Crippen LogP contribution in [0.15, 0.2) is 47.4 Å². The maximum Gasteiger partial charge on any atom is 0.240 e.